The maximum absolute atomic E-state index is 12.9. The second-order valence-corrected chi connectivity index (χ2v) is 5.54. The Balaban J connectivity index is 1.73. The molecule has 5 heteroatoms. The van der Waals surface area contributed by atoms with Crippen molar-refractivity contribution in [3.05, 3.63) is 0 Å². The second kappa shape index (κ2) is 4.52. The molecule has 1 aliphatic carbocycles. The minimum absolute atomic E-state index is 0.0751. The third-order valence-corrected chi connectivity index (χ3v) is 3.51. The molecule has 0 aromatic carbocycles. The van der Waals surface area contributed by atoms with Crippen LogP contribution < -0.4 is 0 Å². The highest BCUT2D eigenvalue weighted by Gasteiger charge is 2.39. The minimum Gasteiger partial charge on any atom is -0.465 e. The largest absolute Gasteiger partial charge is 0.465 e. The molecule has 1 heterocycles. The van der Waals surface area contributed by atoms with Gasteiger partial charge in [0, 0.05) is 18.3 Å². The summed E-state index contributed by atoms with van der Waals surface area (Å²) < 4.78 is 36.1. The van der Waals surface area contributed by atoms with Crippen LogP contribution in [0.2, 0.25) is 0 Å². The van der Waals surface area contributed by atoms with Crippen molar-refractivity contribution in [1.82, 2.24) is 0 Å². The number of esters is 1. The van der Waals surface area contributed by atoms with Gasteiger partial charge in [-0.2, -0.15) is 0 Å². The van der Waals surface area contributed by atoms with E-state index in [-0.39, 0.29) is 43.0 Å². The summed E-state index contributed by atoms with van der Waals surface area (Å²) in [5.41, 5.74) is -0.0751. The van der Waals surface area contributed by atoms with Gasteiger partial charge in [-0.3, -0.25) is 4.79 Å². The van der Waals surface area contributed by atoms with Gasteiger partial charge in [0.1, 0.15) is 6.61 Å². The quantitative estimate of drug-likeness (QED) is 0.719. The predicted octanol–water partition coefficient (Wildman–Crippen LogP) is 2.39. The van der Waals surface area contributed by atoms with E-state index in [0.29, 0.717) is 19.8 Å². The average Bonchev–Trinajstić information content (AvgIpc) is 2.23. The van der Waals surface area contributed by atoms with Gasteiger partial charge in [-0.1, -0.05) is 6.92 Å². The van der Waals surface area contributed by atoms with E-state index in [1.165, 1.54) is 0 Å². The lowest BCUT2D eigenvalue weighted by Crippen LogP contribution is -2.44. The monoisotopic (exact) mass is 248 g/mol. The molecule has 2 fully saturated rings. The van der Waals surface area contributed by atoms with Crippen LogP contribution in [0, 0.1) is 11.3 Å². The van der Waals surface area contributed by atoms with Crippen LogP contribution in [-0.4, -0.2) is 31.7 Å². The Labute approximate surface area is 99.5 Å². The fraction of sp³-hybridized carbons (Fsp3) is 0.917. The van der Waals surface area contributed by atoms with Crippen LogP contribution in [0.1, 0.15) is 32.6 Å². The molecule has 0 atom stereocenters. The van der Waals surface area contributed by atoms with Gasteiger partial charge in [0.15, 0.2) is 0 Å². The van der Waals surface area contributed by atoms with Crippen molar-refractivity contribution in [2.45, 2.75) is 38.5 Å². The van der Waals surface area contributed by atoms with Gasteiger partial charge in [0.2, 0.25) is 5.92 Å². The number of hydrogen-bond acceptors (Lipinski definition) is 3. The number of alkyl halides is 2. The maximum atomic E-state index is 12.9. The molecule has 17 heavy (non-hydrogen) atoms. The summed E-state index contributed by atoms with van der Waals surface area (Å²) >= 11 is 0. The van der Waals surface area contributed by atoms with Crippen molar-refractivity contribution < 1.29 is 23.0 Å². The molecule has 1 saturated heterocycles. The fourth-order valence-electron chi connectivity index (χ4n) is 2.17. The molecule has 0 radical (unpaired) electrons. The molecule has 1 saturated carbocycles. The van der Waals surface area contributed by atoms with E-state index < -0.39 is 5.92 Å². The van der Waals surface area contributed by atoms with E-state index in [9.17, 15) is 13.6 Å². The van der Waals surface area contributed by atoms with E-state index in [1.807, 2.05) is 6.92 Å². The van der Waals surface area contributed by atoms with Crippen LogP contribution >= 0.6 is 0 Å². The normalized spacial score (nSPS) is 27.2. The first-order valence-electron chi connectivity index (χ1n) is 6.03. The molecule has 0 unspecified atom stereocenters. The first-order valence-corrected chi connectivity index (χ1v) is 6.03. The zero-order valence-corrected chi connectivity index (χ0v) is 10.0. The zero-order valence-electron chi connectivity index (χ0n) is 10.0. The van der Waals surface area contributed by atoms with E-state index >= 15 is 0 Å². The number of carbonyl (C=O) groups is 1. The Morgan fingerprint density at radius 3 is 2.41 bits per heavy atom. The van der Waals surface area contributed by atoms with Gasteiger partial charge in [0.05, 0.1) is 19.1 Å². The summed E-state index contributed by atoms with van der Waals surface area (Å²) in [7, 11) is 0. The molecule has 0 aromatic heterocycles. The van der Waals surface area contributed by atoms with Crippen LogP contribution in [0.15, 0.2) is 0 Å². The molecule has 2 aliphatic rings. The molecule has 1 aliphatic heterocycles. The standard InChI is InChI=1S/C12H18F2O3/c1-11(6-16-7-11)8-17-10(15)9-2-4-12(13,14)5-3-9/h9H,2-8H2,1H3. The molecule has 2 rings (SSSR count). The van der Waals surface area contributed by atoms with Gasteiger partial charge < -0.3 is 9.47 Å². The molecule has 98 valence electrons. The Hall–Kier alpha value is -0.710. The van der Waals surface area contributed by atoms with Crippen LogP contribution in [-0.2, 0) is 14.3 Å². The Morgan fingerprint density at radius 1 is 1.35 bits per heavy atom. The Morgan fingerprint density at radius 2 is 1.94 bits per heavy atom. The van der Waals surface area contributed by atoms with E-state index in [4.69, 9.17) is 9.47 Å². The molecule has 0 spiro atoms. The number of rotatable bonds is 3. The summed E-state index contributed by atoms with van der Waals surface area (Å²) in [5.74, 6) is -3.27. The van der Waals surface area contributed by atoms with Gasteiger partial charge in [-0.05, 0) is 12.8 Å². The van der Waals surface area contributed by atoms with Gasteiger partial charge >= 0.3 is 5.97 Å². The highest BCUT2D eigenvalue weighted by Crippen LogP contribution is 2.37. The second-order valence-electron chi connectivity index (χ2n) is 5.54. The van der Waals surface area contributed by atoms with Gasteiger partial charge in [-0.25, -0.2) is 8.78 Å². The van der Waals surface area contributed by atoms with E-state index in [0.717, 1.165) is 0 Å². The third-order valence-electron chi connectivity index (χ3n) is 3.51. The van der Waals surface area contributed by atoms with E-state index in [1.54, 1.807) is 0 Å². The molecule has 0 aromatic rings. The first kappa shape index (κ1) is 12.7. The molecular weight excluding hydrogens is 230 g/mol. The molecule has 0 bridgehead atoms. The SMILES string of the molecule is CC1(COC(=O)C2CCC(F)(F)CC2)COC1. The van der Waals surface area contributed by atoms with E-state index in [2.05, 4.69) is 0 Å². The summed E-state index contributed by atoms with van der Waals surface area (Å²) in [6.45, 7) is 3.52. The zero-order chi connectivity index (χ0) is 12.5. The first-order chi connectivity index (χ1) is 7.90. The Kier molecular flexibility index (Phi) is 3.39. The number of hydrogen-bond donors (Lipinski definition) is 0. The topological polar surface area (TPSA) is 35.5 Å². The summed E-state index contributed by atoms with van der Waals surface area (Å²) in [6, 6.07) is 0. The predicted molar refractivity (Wildman–Crippen MR) is 56.8 cm³/mol. The van der Waals surface area contributed by atoms with Gasteiger partial charge in [-0.15, -0.1) is 0 Å². The highest BCUT2D eigenvalue weighted by molar-refractivity contribution is 5.72. The maximum Gasteiger partial charge on any atom is 0.308 e. The average molecular weight is 248 g/mol. The summed E-state index contributed by atoms with van der Waals surface area (Å²) in [6.07, 6.45) is 0.0678. The lowest BCUT2D eigenvalue weighted by Gasteiger charge is -2.37. The number of ether oxygens (including phenoxy) is 2. The van der Waals surface area contributed by atoms with Crippen molar-refractivity contribution in [3.8, 4) is 0 Å². The lowest BCUT2D eigenvalue weighted by molar-refractivity contribution is -0.171. The van der Waals surface area contributed by atoms with Crippen molar-refractivity contribution >= 4 is 5.97 Å². The summed E-state index contributed by atoms with van der Waals surface area (Å²) in [4.78, 5) is 11.7. The Bertz CT molecular complexity index is 290. The van der Waals surface area contributed by atoms with Crippen molar-refractivity contribution in [2.24, 2.45) is 11.3 Å². The minimum atomic E-state index is -2.59. The van der Waals surface area contributed by atoms with Crippen molar-refractivity contribution in [3.63, 3.8) is 0 Å². The third kappa shape index (κ3) is 3.15. The van der Waals surface area contributed by atoms with Crippen molar-refractivity contribution in [1.29, 1.82) is 0 Å². The van der Waals surface area contributed by atoms with Crippen LogP contribution in [0.25, 0.3) is 0 Å². The highest BCUT2D eigenvalue weighted by atomic mass is 19.3. The number of carbonyl (C=O) groups excluding carboxylic acids is 1. The van der Waals surface area contributed by atoms with Crippen molar-refractivity contribution in [2.75, 3.05) is 19.8 Å². The molecule has 0 amide bonds. The molecule has 3 nitrogen and oxygen atoms in total. The van der Waals surface area contributed by atoms with Gasteiger partial charge in [0.25, 0.3) is 0 Å². The molecular formula is C12H18F2O3. The van der Waals surface area contributed by atoms with Crippen LogP contribution in [0.3, 0.4) is 0 Å². The lowest BCUT2D eigenvalue weighted by atomic mass is 9.86. The summed E-state index contributed by atoms with van der Waals surface area (Å²) in [5, 5.41) is 0. The van der Waals surface area contributed by atoms with Crippen LogP contribution in [0.5, 0.6) is 0 Å². The molecule has 0 N–H and O–H groups in total. The fourth-order valence-corrected chi connectivity index (χ4v) is 2.17. The smallest absolute Gasteiger partial charge is 0.308 e. The van der Waals surface area contributed by atoms with Crippen LogP contribution in [0.4, 0.5) is 8.78 Å². The number of halogens is 2.